The van der Waals surface area contributed by atoms with Gasteiger partial charge in [0, 0.05) is 5.56 Å². The van der Waals surface area contributed by atoms with E-state index in [1.54, 1.807) is 42.5 Å². The van der Waals surface area contributed by atoms with Crippen LogP contribution in [0, 0.1) is 18.3 Å². The van der Waals surface area contributed by atoms with Gasteiger partial charge in [-0.1, -0.05) is 53.2 Å². The number of hydrogen-bond acceptors (Lipinski definition) is 5. The van der Waals surface area contributed by atoms with Crippen LogP contribution in [0.1, 0.15) is 11.1 Å². The molecule has 0 aliphatic heterocycles. The molecule has 0 radical (unpaired) electrons. The monoisotopic (exact) mass is 300 g/mol. The van der Waals surface area contributed by atoms with Crippen LogP contribution in [0.25, 0.3) is 0 Å². The molecule has 0 heterocycles. The first kappa shape index (κ1) is 14.8. The van der Waals surface area contributed by atoms with Gasteiger partial charge in [0.05, 0.1) is 0 Å². The third-order valence-electron chi connectivity index (χ3n) is 2.69. The molecule has 0 N–H and O–H groups in total. The van der Waals surface area contributed by atoms with Crippen LogP contribution >= 0.6 is 0 Å². The van der Waals surface area contributed by atoms with E-state index >= 15 is 0 Å². The van der Waals surface area contributed by atoms with Gasteiger partial charge in [-0.15, -0.1) is 0 Å². The molecule has 0 aromatic heterocycles. The maximum atomic E-state index is 12.0. The molecule has 0 fully saturated rings. The van der Waals surface area contributed by atoms with Crippen molar-refractivity contribution in [3.63, 3.8) is 0 Å². The normalized spacial score (nSPS) is 11.7. The van der Waals surface area contributed by atoms with Crippen LogP contribution < -0.4 is 0 Å². The zero-order valence-corrected chi connectivity index (χ0v) is 12.0. The molecule has 0 saturated heterocycles. The van der Waals surface area contributed by atoms with E-state index in [-0.39, 0.29) is 10.6 Å². The Morgan fingerprint density at radius 3 is 2.29 bits per heavy atom. The zero-order chi connectivity index (χ0) is 15.3. The highest BCUT2D eigenvalue weighted by Crippen LogP contribution is 2.14. The Morgan fingerprint density at radius 1 is 1.10 bits per heavy atom. The second-order valence-corrected chi connectivity index (χ2v) is 5.79. The third-order valence-corrected chi connectivity index (χ3v) is 3.81. The Balaban J connectivity index is 2.26. The smallest absolute Gasteiger partial charge is 0.263 e. The van der Waals surface area contributed by atoms with Crippen molar-refractivity contribution in [3.8, 4) is 6.07 Å². The van der Waals surface area contributed by atoms with E-state index in [0.717, 1.165) is 5.56 Å². The fraction of sp³-hybridized carbons (Fsp3) is 0.0667. The van der Waals surface area contributed by atoms with Gasteiger partial charge >= 0.3 is 10.1 Å². The minimum Gasteiger partial charge on any atom is -0.263 e. The van der Waals surface area contributed by atoms with E-state index in [0.29, 0.717) is 5.56 Å². The van der Waals surface area contributed by atoms with Crippen LogP contribution in [0.5, 0.6) is 0 Å². The second-order valence-electron chi connectivity index (χ2n) is 4.26. The van der Waals surface area contributed by atoms with E-state index in [1.807, 2.05) is 13.0 Å². The van der Waals surface area contributed by atoms with Crippen LogP contribution in [0.15, 0.2) is 64.6 Å². The van der Waals surface area contributed by atoms with Gasteiger partial charge in [0.15, 0.2) is 5.71 Å². The van der Waals surface area contributed by atoms with E-state index < -0.39 is 10.1 Å². The van der Waals surface area contributed by atoms with E-state index in [2.05, 4.69) is 9.44 Å². The lowest BCUT2D eigenvalue weighted by molar-refractivity contribution is 0.339. The number of hydrogen-bond donors (Lipinski definition) is 0. The lowest BCUT2D eigenvalue weighted by Crippen LogP contribution is -2.06. The zero-order valence-electron chi connectivity index (χ0n) is 11.2. The van der Waals surface area contributed by atoms with E-state index in [9.17, 15) is 8.42 Å². The van der Waals surface area contributed by atoms with Crippen LogP contribution in [0.4, 0.5) is 0 Å². The molecule has 2 rings (SSSR count). The summed E-state index contributed by atoms with van der Waals surface area (Å²) in [6.45, 7) is 1.85. The van der Waals surface area contributed by atoms with Crippen molar-refractivity contribution in [2.24, 2.45) is 5.16 Å². The molecule has 0 amide bonds. The Morgan fingerprint density at radius 2 is 1.71 bits per heavy atom. The largest absolute Gasteiger partial charge is 0.358 e. The number of nitrogens with zero attached hydrogens (tertiary/aromatic N) is 2. The van der Waals surface area contributed by atoms with Crippen LogP contribution in [-0.4, -0.2) is 14.1 Å². The maximum absolute atomic E-state index is 12.0. The summed E-state index contributed by atoms with van der Waals surface area (Å²) in [6.07, 6.45) is 0. The second kappa shape index (κ2) is 6.20. The fourth-order valence-corrected chi connectivity index (χ4v) is 2.30. The van der Waals surface area contributed by atoms with Crippen LogP contribution in [0.2, 0.25) is 0 Å². The molecular weight excluding hydrogens is 288 g/mol. The van der Waals surface area contributed by atoms with Crippen LogP contribution in [-0.2, 0) is 14.4 Å². The first-order valence-electron chi connectivity index (χ1n) is 6.07. The number of nitriles is 1. The average Bonchev–Trinajstić information content (AvgIpc) is 2.49. The molecule has 106 valence electrons. The highest BCUT2D eigenvalue weighted by Gasteiger charge is 2.16. The van der Waals surface area contributed by atoms with Gasteiger partial charge in [-0.2, -0.15) is 13.7 Å². The summed E-state index contributed by atoms with van der Waals surface area (Å²) < 4.78 is 28.5. The summed E-state index contributed by atoms with van der Waals surface area (Å²) in [5.41, 5.74) is 1.31. The first-order valence-corrected chi connectivity index (χ1v) is 7.47. The summed E-state index contributed by atoms with van der Waals surface area (Å²) in [5, 5.41) is 12.5. The molecule has 0 saturated carbocycles. The molecule has 5 nitrogen and oxygen atoms in total. The minimum absolute atomic E-state index is 0.0119. The Kier molecular flexibility index (Phi) is 4.36. The van der Waals surface area contributed by atoms with Gasteiger partial charge in [-0.3, -0.25) is 4.28 Å². The van der Waals surface area contributed by atoms with Crippen molar-refractivity contribution in [1.82, 2.24) is 0 Å². The molecule has 0 aliphatic rings. The van der Waals surface area contributed by atoms with Crippen molar-refractivity contribution >= 4 is 15.8 Å². The first-order chi connectivity index (χ1) is 10.0. The fourth-order valence-electron chi connectivity index (χ4n) is 1.57. The standard InChI is InChI=1S/C15H12N2O3S/c1-12-7-9-14(10-8-12)21(18,19)20-17-15(11-16)13-5-3-2-4-6-13/h2-10H,1H3. The maximum Gasteiger partial charge on any atom is 0.358 e. The molecule has 0 spiro atoms. The molecule has 0 unspecified atom stereocenters. The van der Waals surface area contributed by atoms with Crippen LogP contribution in [0.3, 0.4) is 0 Å². The highest BCUT2D eigenvalue weighted by atomic mass is 32.2. The summed E-state index contributed by atoms with van der Waals surface area (Å²) in [4.78, 5) is -0.0119. The number of rotatable bonds is 4. The van der Waals surface area contributed by atoms with Crippen molar-refractivity contribution in [2.45, 2.75) is 11.8 Å². The van der Waals surface area contributed by atoms with Crippen molar-refractivity contribution in [3.05, 3.63) is 65.7 Å². The quantitative estimate of drug-likeness (QED) is 0.642. The van der Waals surface area contributed by atoms with Gasteiger partial charge in [-0.25, -0.2) is 0 Å². The number of benzene rings is 2. The third kappa shape index (κ3) is 3.68. The molecule has 0 atom stereocenters. The lowest BCUT2D eigenvalue weighted by atomic mass is 10.1. The predicted molar refractivity (Wildman–Crippen MR) is 78.0 cm³/mol. The molecule has 0 aliphatic carbocycles. The molecule has 2 aromatic rings. The van der Waals surface area contributed by atoms with E-state index in [1.165, 1.54) is 12.1 Å². The van der Waals surface area contributed by atoms with Gasteiger partial charge in [0.1, 0.15) is 11.0 Å². The molecule has 2 aromatic carbocycles. The molecule has 21 heavy (non-hydrogen) atoms. The predicted octanol–water partition coefficient (Wildman–Crippen LogP) is 2.63. The van der Waals surface area contributed by atoms with Gasteiger partial charge in [0.25, 0.3) is 0 Å². The summed E-state index contributed by atoms with van der Waals surface area (Å²) >= 11 is 0. The topological polar surface area (TPSA) is 79.5 Å². The summed E-state index contributed by atoms with van der Waals surface area (Å²) in [6, 6.07) is 16.5. The van der Waals surface area contributed by atoms with Gasteiger partial charge < -0.3 is 0 Å². The molecule has 6 heteroatoms. The van der Waals surface area contributed by atoms with Crippen molar-refractivity contribution < 1.29 is 12.7 Å². The molecular formula is C15H12N2O3S. The number of aryl methyl sites for hydroxylation is 1. The summed E-state index contributed by atoms with van der Waals surface area (Å²) in [7, 11) is -4.03. The summed E-state index contributed by atoms with van der Waals surface area (Å²) in [5.74, 6) is 0. The highest BCUT2D eigenvalue weighted by molar-refractivity contribution is 7.86. The lowest BCUT2D eigenvalue weighted by Gasteiger charge is -2.02. The van der Waals surface area contributed by atoms with Crippen molar-refractivity contribution in [2.75, 3.05) is 0 Å². The average molecular weight is 300 g/mol. The number of oxime groups is 1. The Labute approximate surface area is 123 Å². The minimum atomic E-state index is -4.03. The SMILES string of the molecule is Cc1ccc(S(=O)(=O)ON=C(C#N)c2ccccc2)cc1. The van der Waals surface area contributed by atoms with Gasteiger partial charge in [-0.05, 0) is 19.1 Å². The Hall–Kier alpha value is -2.65. The van der Waals surface area contributed by atoms with Crippen molar-refractivity contribution in [1.29, 1.82) is 5.26 Å². The molecule has 0 bridgehead atoms. The Bertz CT molecular complexity index is 789. The van der Waals surface area contributed by atoms with Gasteiger partial charge in [0.2, 0.25) is 0 Å². The van der Waals surface area contributed by atoms with E-state index in [4.69, 9.17) is 5.26 Å².